The fourth-order valence-corrected chi connectivity index (χ4v) is 2.97. The Kier molecular flexibility index (Phi) is 4.72. The van der Waals surface area contributed by atoms with Gasteiger partial charge in [0.2, 0.25) is 5.91 Å². The molecule has 2 N–H and O–H groups in total. The Morgan fingerprint density at radius 1 is 1.72 bits per heavy atom. The van der Waals surface area contributed by atoms with Crippen molar-refractivity contribution in [3.63, 3.8) is 0 Å². The summed E-state index contributed by atoms with van der Waals surface area (Å²) in [5.41, 5.74) is 0.966. The minimum Gasteiger partial charge on any atom is -0.348 e. The van der Waals surface area contributed by atoms with Crippen molar-refractivity contribution in [2.24, 2.45) is 5.92 Å². The summed E-state index contributed by atoms with van der Waals surface area (Å²) in [4.78, 5) is 16.2. The summed E-state index contributed by atoms with van der Waals surface area (Å²) in [6.45, 7) is 6.13. The number of thiazole rings is 1. The highest BCUT2D eigenvalue weighted by molar-refractivity contribution is 7.09. The Labute approximate surface area is 112 Å². The number of nitrogens with zero attached hydrogens (tertiary/aromatic N) is 1. The van der Waals surface area contributed by atoms with E-state index < -0.39 is 0 Å². The van der Waals surface area contributed by atoms with Gasteiger partial charge in [0, 0.05) is 11.8 Å². The van der Waals surface area contributed by atoms with Crippen molar-refractivity contribution < 1.29 is 4.79 Å². The van der Waals surface area contributed by atoms with Crippen LogP contribution in [0, 0.1) is 12.8 Å². The Bertz CT molecular complexity index is 399. The zero-order valence-electron chi connectivity index (χ0n) is 11.0. The van der Waals surface area contributed by atoms with Crippen molar-refractivity contribution in [3.05, 3.63) is 16.1 Å². The zero-order chi connectivity index (χ0) is 13.0. The number of hydrogen-bond acceptors (Lipinski definition) is 4. The summed E-state index contributed by atoms with van der Waals surface area (Å²) in [6.07, 6.45) is 2.82. The maximum atomic E-state index is 11.8. The number of amides is 1. The Morgan fingerprint density at radius 2 is 2.56 bits per heavy atom. The van der Waals surface area contributed by atoms with Gasteiger partial charge in [-0.3, -0.25) is 4.79 Å². The van der Waals surface area contributed by atoms with Gasteiger partial charge in [-0.2, -0.15) is 0 Å². The van der Waals surface area contributed by atoms with E-state index in [4.69, 9.17) is 0 Å². The average Bonchev–Trinajstić information content (AvgIpc) is 2.97. The quantitative estimate of drug-likeness (QED) is 0.858. The molecule has 1 aromatic rings. The van der Waals surface area contributed by atoms with Crippen molar-refractivity contribution in [1.29, 1.82) is 0 Å². The second kappa shape index (κ2) is 6.29. The molecule has 5 heteroatoms. The van der Waals surface area contributed by atoms with Gasteiger partial charge >= 0.3 is 0 Å². The van der Waals surface area contributed by atoms with E-state index in [1.165, 1.54) is 6.42 Å². The van der Waals surface area contributed by atoms with E-state index in [1.807, 2.05) is 19.2 Å². The predicted molar refractivity (Wildman–Crippen MR) is 73.6 cm³/mol. The molecule has 1 aliphatic heterocycles. The van der Waals surface area contributed by atoms with E-state index in [0.29, 0.717) is 12.3 Å². The van der Waals surface area contributed by atoms with Crippen LogP contribution in [-0.2, 0) is 4.79 Å². The first-order valence-corrected chi connectivity index (χ1v) is 7.45. The van der Waals surface area contributed by atoms with Gasteiger partial charge in [-0.25, -0.2) is 4.98 Å². The molecule has 2 unspecified atom stereocenters. The minimum absolute atomic E-state index is 0.0177. The van der Waals surface area contributed by atoms with E-state index in [9.17, 15) is 4.79 Å². The first kappa shape index (κ1) is 13.5. The van der Waals surface area contributed by atoms with Gasteiger partial charge in [0.05, 0.1) is 16.7 Å². The summed E-state index contributed by atoms with van der Waals surface area (Å²) in [6, 6.07) is 0.0177. The van der Waals surface area contributed by atoms with Gasteiger partial charge in [-0.1, -0.05) is 0 Å². The molecule has 100 valence electrons. The second-order valence-electron chi connectivity index (χ2n) is 4.98. The van der Waals surface area contributed by atoms with Crippen molar-refractivity contribution >= 4 is 17.2 Å². The molecule has 0 radical (unpaired) electrons. The zero-order valence-corrected chi connectivity index (χ0v) is 11.8. The highest BCUT2D eigenvalue weighted by Gasteiger charge is 2.17. The third-order valence-corrected chi connectivity index (χ3v) is 4.19. The molecule has 1 aromatic heterocycles. The third-order valence-electron chi connectivity index (χ3n) is 3.40. The first-order chi connectivity index (χ1) is 8.65. The lowest BCUT2D eigenvalue weighted by atomic mass is 10.0. The number of carbonyl (C=O) groups excluding carboxylic acids is 1. The predicted octanol–water partition coefficient (Wildman–Crippen LogP) is 2.02. The largest absolute Gasteiger partial charge is 0.348 e. The molecule has 1 fully saturated rings. The number of rotatable bonds is 5. The fourth-order valence-electron chi connectivity index (χ4n) is 2.26. The Balaban J connectivity index is 1.73. The fraction of sp³-hybridized carbons (Fsp3) is 0.692. The van der Waals surface area contributed by atoms with Crippen LogP contribution in [0.2, 0.25) is 0 Å². The van der Waals surface area contributed by atoms with Crippen LogP contribution in [0.15, 0.2) is 5.38 Å². The lowest BCUT2D eigenvalue weighted by Gasteiger charge is -2.13. The number of nitrogens with one attached hydrogen (secondary N) is 2. The lowest BCUT2D eigenvalue weighted by Crippen LogP contribution is -2.27. The maximum absolute atomic E-state index is 11.8. The van der Waals surface area contributed by atoms with Crippen LogP contribution >= 0.6 is 11.3 Å². The molecular weight excluding hydrogens is 246 g/mol. The van der Waals surface area contributed by atoms with E-state index in [1.54, 1.807) is 11.3 Å². The van der Waals surface area contributed by atoms with Gasteiger partial charge in [0.25, 0.3) is 0 Å². The first-order valence-electron chi connectivity index (χ1n) is 6.57. The van der Waals surface area contributed by atoms with Crippen LogP contribution in [0.5, 0.6) is 0 Å². The smallest absolute Gasteiger partial charge is 0.220 e. The summed E-state index contributed by atoms with van der Waals surface area (Å²) >= 11 is 1.62. The highest BCUT2D eigenvalue weighted by Crippen LogP contribution is 2.17. The molecule has 0 aromatic carbocycles. The summed E-state index contributed by atoms with van der Waals surface area (Å²) in [5.74, 6) is 0.813. The molecule has 2 atom stereocenters. The summed E-state index contributed by atoms with van der Waals surface area (Å²) in [5, 5.41) is 9.40. The second-order valence-corrected chi connectivity index (χ2v) is 6.04. The molecule has 1 amide bonds. The van der Waals surface area contributed by atoms with Crippen molar-refractivity contribution in [1.82, 2.24) is 15.6 Å². The Morgan fingerprint density at radius 3 is 3.17 bits per heavy atom. The molecule has 0 saturated carbocycles. The summed E-state index contributed by atoms with van der Waals surface area (Å²) < 4.78 is 0. The third kappa shape index (κ3) is 3.78. The van der Waals surface area contributed by atoms with E-state index in [-0.39, 0.29) is 11.9 Å². The minimum atomic E-state index is 0.0177. The molecule has 2 heterocycles. The standard InChI is InChI=1S/C13H21N3OS/c1-9(12-8-18-10(2)16-12)15-13(17)4-3-11-5-6-14-7-11/h8-9,11,14H,3-7H2,1-2H3,(H,15,17). The van der Waals surface area contributed by atoms with Crippen LogP contribution in [0.3, 0.4) is 0 Å². The van der Waals surface area contributed by atoms with E-state index in [2.05, 4.69) is 15.6 Å². The molecule has 1 aliphatic rings. The SMILES string of the molecule is Cc1nc(C(C)NC(=O)CCC2CCNC2)cs1. The number of aromatic nitrogens is 1. The van der Waals surface area contributed by atoms with Crippen molar-refractivity contribution in [2.75, 3.05) is 13.1 Å². The van der Waals surface area contributed by atoms with Crippen LogP contribution in [-0.4, -0.2) is 24.0 Å². The molecule has 4 nitrogen and oxygen atoms in total. The lowest BCUT2D eigenvalue weighted by molar-refractivity contribution is -0.122. The van der Waals surface area contributed by atoms with Gasteiger partial charge in [-0.15, -0.1) is 11.3 Å². The van der Waals surface area contributed by atoms with Crippen molar-refractivity contribution in [2.45, 2.75) is 39.2 Å². The normalized spacial score (nSPS) is 20.9. The van der Waals surface area contributed by atoms with Crippen LogP contribution in [0.1, 0.15) is 42.9 Å². The van der Waals surface area contributed by atoms with Crippen LogP contribution < -0.4 is 10.6 Å². The summed E-state index contributed by atoms with van der Waals surface area (Å²) in [7, 11) is 0. The van der Waals surface area contributed by atoms with Crippen LogP contribution in [0.25, 0.3) is 0 Å². The molecule has 2 rings (SSSR count). The van der Waals surface area contributed by atoms with Gasteiger partial charge in [0.1, 0.15) is 0 Å². The number of hydrogen-bond donors (Lipinski definition) is 2. The van der Waals surface area contributed by atoms with Gasteiger partial charge in [-0.05, 0) is 45.7 Å². The molecule has 0 aliphatic carbocycles. The molecule has 0 bridgehead atoms. The average molecular weight is 267 g/mol. The monoisotopic (exact) mass is 267 g/mol. The Hall–Kier alpha value is -0.940. The molecule has 0 spiro atoms. The molecule has 1 saturated heterocycles. The van der Waals surface area contributed by atoms with Crippen LogP contribution in [0.4, 0.5) is 0 Å². The van der Waals surface area contributed by atoms with Gasteiger partial charge in [0.15, 0.2) is 0 Å². The topological polar surface area (TPSA) is 54.0 Å². The number of carbonyl (C=O) groups is 1. The van der Waals surface area contributed by atoms with E-state index in [0.717, 1.165) is 30.2 Å². The van der Waals surface area contributed by atoms with E-state index >= 15 is 0 Å². The highest BCUT2D eigenvalue weighted by atomic mass is 32.1. The molecule has 18 heavy (non-hydrogen) atoms. The number of aryl methyl sites for hydroxylation is 1. The maximum Gasteiger partial charge on any atom is 0.220 e. The molecular formula is C13H21N3OS. The van der Waals surface area contributed by atoms with Gasteiger partial charge < -0.3 is 10.6 Å². The van der Waals surface area contributed by atoms with Crippen molar-refractivity contribution in [3.8, 4) is 0 Å².